The van der Waals surface area contributed by atoms with Gasteiger partial charge in [-0.2, -0.15) is 0 Å². The number of aryl methyl sites for hydroxylation is 1. The Kier molecular flexibility index (Phi) is 4.40. The summed E-state index contributed by atoms with van der Waals surface area (Å²) >= 11 is 0. The molecule has 0 amide bonds. The van der Waals surface area contributed by atoms with Gasteiger partial charge in [-0.05, 0) is 42.8 Å². The average Bonchev–Trinajstić information content (AvgIpc) is 3.10. The predicted octanol–water partition coefficient (Wildman–Crippen LogP) is 5.00. The molecule has 0 aliphatic rings. The fourth-order valence-electron chi connectivity index (χ4n) is 2.99. The number of aromatic amines is 1. The summed E-state index contributed by atoms with van der Waals surface area (Å²) in [6.45, 7) is 2.08. The summed E-state index contributed by atoms with van der Waals surface area (Å²) in [7, 11) is 4.09. The van der Waals surface area contributed by atoms with E-state index in [9.17, 15) is 0 Å². The van der Waals surface area contributed by atoms with Gasteiger partial charge in [-0.1, -0.05) is 41.7 Å². The molecule has 0 unspecified atom stereocenters. The van der Waals surface area contributed by atoms with Crippen molar-refractivity contribution in [2.45, 2.75) is 6.92 Å². The molecule has 0 saturated heterocycles. The monoisotopic (exact) mass is 351 g/mol. The summed E-state index contributed by atoms with van der Waals surface area (Å²) < 4.78 is 0. The van der Waals surface area contributed by atoms with Crippen LogP contribution in [0.4, 0.5) is 5.69 Å². The summed E-state index contributed by atoms with van der Waals surface area (Å²) in [5.74, 6) is 6.52. The normalized spacial score (nSPS) is 10.5. The molecule has 0 spiro atoms. The summed E-state index contributed by atoms with van der Waals surface area (Å²) in [6, 6.07) is 18.9. The molecule has 0 fully saturated rings. The van der Waals surface area contributed by atoms with E-state index in [0.29, 0.717) is 0 Å². The highest BCUT2D eigenvalue weighted by atomic mass is 15.1. The minimum absolute atomic E-state index is 0.858. The van der Waals surface area contributed by atoms with Crippen molar-refractivity contribution >= 4 is 16.7 Å². The molecular weight excluding hydrogens is 330 g/mol. The minimum atomic E-state index is 0.858. The van der Waals surface area contributed by atoms with E-state index in [2.05, 4.69) is 76.1 Å². The molecule has 0 aliphatic heterocycles. The smallest absolute Gasteiger partial charge is 0.138 e. The van der Waals surface area contributed by atoms with Crippen molar-refractivity contribution in [1.29, 1.82) is 0 Å². The highest BCUT2D eigenvalue weighted by Crippen LogP contribution is 2.26. The molecule has 2 aromatic heterocycles. The van der Waals surface area contributed by atoms with Crippen LogP contribution in [0.25, 0.3) is 22.2 Å². The topological polar surface area (TPSA) is 31.9 Å². The number of aromatic nitrogens is 2. The molecule has 4 rings (SSSR count). The van der Waals surface area contributed by atoms with Crippen LogP contribution in [0.1, 0.15) is 16.7 Å². The van der Waals surface area contributed by atoms with Crippen LogP contribution in [0.3, 0.4) is 0 Å². The molecule has 0 saturated carbocycles. The Morgan fingerprint density at radius 3 is 2.33 bits per heavy atom. The summed E-state index contributed by atoms with van der Waals surface area (Å²) in [5, 5.41) is 1.05. The number of benzene rings is 2. The van der Waals surface area contributed by atoms with E-state index >= 15 is 0 Å². The first kappa shape index (κ1) is 16.9. The van der Waals surface area contributed by atoms with Crippen LogP contribution >= 0.6 is 0 Å². The number of fused-ring (bicyclic) bond motifs is 1. The first-order valence-corrected chi connectivity index (χ1v) is 8.94. The second-order valence-electron chi connectivity index (χ2n) is 6.88. The number of hydrogen-bond donors (Lipinski definition) is 1. The van der Waals surface area contributed by atoms with Crippen molar-refractivity contribution in [2.24, 2.45) is 0 Å². The molecule has 2 heterocycles. The quantitative estimate of drug-likeness (QED) is 0.515. The van der Waals surface area contributed by atoms with Gasteiger partial charge in [0.1, 0.15) is 5.65 Å². The van der Waals surface area contributed by atoms with Crippen LogP contribution in [-0.4, -0.2) is 24.1 Å². The van der Waals surface area contributed by atoms with Crippen LogP contribution < -0.4 is 4.90 Å². The Morgan fingerprint density at radius 2 is 1.63 bits per heavy atom. The van der Waals surface area contributed by atoms with Gasteiger partial charge < -0.3 is 9.88 Å². The van der Waals surface area contributed by atoms with Gasteiger partial charge in [0, 0.05) is 48.7 Å². The van der Waals surface area contributed by atoms with Crippen molar-refractivity contribution in [3.05, 3.63) is 83.7 Å². The van der Waals surface area contributed by atoms with Gasteiger partial charge in [-0.25, -0.2) is 4.98 Å². The van der Waals surface area contributed by atoms with E-state index in [-0.39, 0.29) is 0 Å². The Bertz CT molecular complexity index is 1140. The third-order valence-electron chi connectivity index (χ3n) is 4.64. The van der Waals surface area contributed by atoms with Gasteiger partial charge in [-0.15, -0.1) is 0 Å². The number of nitrogens with one attached hydrogen (secondary N) is 1. The zero-order chi connectivity index (χ0) is 18.8. The maximum atomic E-state index is 4.57. The van der Waals surface area contributed by atoms with Crippen molar-refractivity contribution in [2.75, 3.05) is 19.0 Å². The van der Waals surface area contributed by atoms with Gasteiger partial charge in [0.15, 0.2) is 0 Å². The average molecular weight is 351 g/mol. The number of anilines is 1. The molecule has 0 aliphatic carbocycles. The van der Waals surface area contributed by atoms with Gasteiger partial charge in [0.2, 0.25) is 0 Å². The maximum Gasteiger partial charge on any atom is 0.138 e. The second-order valence-corrected chi connectivity index (χ2v) is 6.88. The van der Waals surface area contributed by atoms with Crippen molar-refractivity contribution in [1.82, 2.24) is 9.97 Å². The van der Waals surface area contributed by atoms with Crippen molar-refractivity contribution in [3.63, 3.8) is 0 Å². The molecule has 4 aromatic rings. The van der Waals surface area contributed by atoms with Crippen LogP contribution in [0.5, 0.6) is 0 Å². The third kappa shape index (κ3) is 3.56. The summed E-state index contributed by atoms with van der Waals surface area (Å²) in [6.07, 6.45) is 3.83. The van der Waals surface area contributed by atoms with Crippen molar-refractivity contribution < 1.29 is 0 Å². The van der Waals surface area contributed by atoms with E-state index in [4.69, 9.17) is 0 Å². The highest BCUT2D eigenvalue weighted by molar-refractivity contribution is 5.87. The Balaban J connectivity index is 1.70. The van der Waals surface area contributed by atoms with E-state index in [1.54, 1.807) is 0 Å². The number of rotatable bonds is 2. The summed E-state index contributed by atoms with van der Waals surface area (Å²) in [4.78, 5) is 9.88. The molecule has 2 aromatic carbocycles. The molecule has 1 N–H and O–H groups in total. The lowest BCUT2D eigenvalue weighted by molar-refractivity contribution is 1.13. The van der Waals surface area contributed by atoms with Crippen LogP contribution in [0, 0.1) is 18.8 Å². The molecule has 3 nitrogen and oxygen atoms in total. The predicted molar refractivity (Wildman–Crippen MR) is 113 cm³/mol. The fourth-order valence-corrected chi connectivity index (χ4v) is 2.99. The van der Waals surface area contributed by atoms with Gasteiger partial charge >= 0.3 is 0 Å². The Morgan fingerprint density at radius 1 is 0.889 bits per heavy atom. The van der Waals surface area contributed by atoms with E-state index in [1.165, 1.54) is 11.3 Å². The Hall–Kier alpha value is -3.51. The molecule has 0 bridgehead atoms. The SMILES string of the molecule is Cc1ccc(C#Cc2c[nH]c3ncc(-c4ccc(N(C)C)cc4)cc23)cc1. The summed E-state index contributed by atoms with van der Waals surface area (Å²) in [5.41, 5.74) is 7.49. The van der Waals surface area contributed by atoms with Gasteiger partial charge in [0.25, 0.3) is 0 Å². The third-order valence-corrected chi connectivity index (χ3v) is 4.64. The molecule has 0 radical (unpaired) electrons. The minimum Gasteiger partial charge on any atom is -0.378 e. The Labute approximate surface area is 159 Å². The lowest BCUT2D eigenvalue weighted by Crippen LogP contribution is -2.07. The number of H-pyrrole nitrogens is 1. The zero-order valence-corrected chi connectivity index (χ0v) is 15.7. The van der Waals surface area contributed by atoms with E-state index in [1.807, 2.05) is 38.6 Å². The lowest BCUT2D eigenvalue weighted by Gasteiger charge is -2.12. The highest BCUT2D eigenvalue weighted by Gasteiger charge is 2.06. The largest absolute Gasteiger partial charge is 0.378 e. The van der Waals surface area contributed by atoms with Gasteiger partial charge in [-0.3, -0.25) is 0 Å². The molecule has 3 heteroatoms. The first-order valence-electron chi connectivity index (χ1n) is 8.94. The fraction of sp³-hybridized carbons (Fsp3) is 0.125. The molecule has 27 heavy (non-hydrogen) atoms. The zero-order valence-electron chi connectivity index (χ0n) is 15.7. The van der Waals surface area contributed by atoms with Crippen molar-refractivity contribution in [3.8, 4) is 23.0 Å². The number of hydrogen-bond acceptors (Lipinski definition) is 2. The van der Waals surface area contributed by atoms with Crippen LogP contribution in [0.2, 0.25) is 0 Å². The van der Waals surface area contributed by atoms with E-state index < -0.39 is 0 Å². The lowest BCUT2D eigenvalue weighted by atomic mass is 10.0. The second kappa shape index (κ2) is 7.01. The maximum absolute atomic E-state index is 4.57. The molecule has 132 valence electrons. The first-order chi connectivity index (χ1) is 13.1. The number of pyridine rings is 1. The molecule has 0 atom stereocenters. The number of nitrogens with zero attached hydrogens (tertiary/aromatic N) is 2. The van der Waals surface area contributed by atoms with Crippen LogP contribution in [0.15, 0.2) is 67.0 Å². The van der Waals surface area contributed by atoms with Gasteiger partial charge in [0.05, 0.1) is 5.56 Å². The standard InChI is InChI=1S/C24H21N3/c1-17-4-6-18(7-5-17)8-9-20-15-25-24-23(20)14-21(16-26-24)19-10-12-22(13-11-19)27(2)3/h4-7,10-16H,1-3H3,(H,25,26). The van der Waals surface area contributed by atoms with E-state index in [0.717, 1.165) is 33.3 Å². The molecular formula is C24H21N3. The van der Waals surface area contributed by atoms with Crippen LogP contribution in [-0.2, 0) is 0 Å².